The first-order valence-corrected chi connectivity index (χ1v) is 16.5. The molecular weight excluding hydrogens is 614 g/mol. The monoisotopic (exact) mass is 645 g/mol. The van der Waals surface area contributed by atoms with Crippen LogP contribution >= 0.6 is 11.3 Å². The number of aryl methyl sites for hydroxylation is 1. The fourth-order valence-electron chi connectivity index (χ4n) is 6.26. The third-order valence-corrected chi connectivity index (χ3v) is 10.3. The zero-order valence-corrected chi connectivity index (χ0v) is 27.0. The number of imidazole rings is 1. The Bertz CT molecular complexity index is 2040. The summed E-state index contributed by atoms with van der Waals surface area (Å²) >= 11 is 1.28. The number of ketones is 1. The van der Waals surface area contributed by atoms with Gasteiger partial charge >= 0.3 is 0 Å². The van der Waals surface area contributed by atoms with Crippen LogP contribution in [-0.4, -0.2) is 55.8 Å². The molecule has 0 atom stereocenters. The summed E-state index contributed by atoms with van der Waals surface area (Å²) in [6.45, 7) is 11.0. The fraction of sp³-hybridized carbons (Fsp3) is 0.343. The number of aromatic nitrogens is 5. The van der Waals surface area contributed by atoms with E-state index in [1.165, 1.54) is 23.5 Å². The highest BCUT2D eigenvalue weighted by molar-refractivity contribution is 7.16. The van der Waals surface area contributed by atoms with Crippen LogP contribution in [0, 0.1) is 29.6 Å². The average Bonchev–Trinajstić information content (AvgIpc) is 3.65. The second-order valence-electron chi connectivity index (χ2n) is 12.2. The molecule has 5 aromatic rings. The SMILES string of the molecule is [C-]#[N+]C1(C(=O)CC2CCN(c3ncc(-c4ccc5nc(CC)c(N(C)c6nc(-c7ccc(F)cc7)c(C#N)s6)n5c4)cn3)CC2)CC1. The van der Waals surface area contributed by atoms with Gasteiger partial charge in [0.15, 0.2) is 5.13 Å². The van der Waals surface area contributed by atoms with Crippen molar-refractivity contribution < 1.29 is 9.18 Å². The highest BCUT2D eigenvalue weighted by Gasteiger charge is 2.57. The molecule has 7 rings (SSSR count). The number of rotatable bonds is 9. The van der Waals surface area contributed by atoms with Crippen molar-refractivity contribution in [1.29, 1.82) is 5.26 Å². The second kappa shape index (κ2) is 12.2. The first-order chi connectivity index (χ1) is 22.8. The molecule has 0 radical (unpaired) electrons. The van der Waals surface area contributed by atoms with Gasteiger partial charge in [0, 0.05) is 74.7 Å². The van der Waals surface area contributed by atoms with Crippen molar-refractivity contribution in [2.24, 2.45) is 5.92 Å². The van der Waals surface area contributed by atoms with Gasteiger partial charge in [-0.1, -0.05) is 18.3 Å². The molecule has 0 unspecified atom stereocenters. The number of anilines is 3. The lowest BCUT2D eigenvalue weighted by Gasteiger charge is -2.31. The van der Waals surface area contributed by atoms with E-state index >= 15 is 0 Å². The Morgan fingerprint density at radius 2 is 1.81 bits per heavy atom. The number of hydrogen-bond acceptors (Lipinski definition) is 9. The number of piperidine rings is 1. The second-order valence-corrected chi connectivity index (χ2v) is 13.2. The van der Waals surface area contributed by atoms with Crippen molar-refractivity contribution in [1.82, 2.24) is 24.3 Å². The number of fused-ring (bicyclic) bond motifs is 1. The van der Waals surface area contributed by atoms with E-state index < -0.39 is 5.54 Å². The molecule has 1 aliphatic heterocycles. The number of Topliss-reactive ketones (excluding diaryl/α,β-unsaturated/α-hetero) is 1. The Hall–Kier alpha value is -5.20. The topological polar surface area (TPSA) is 108 Å². The predicted molar refractivity (Wildman–Crippen MR) is 179 cm³/mol. The van der Waals surface area contributed by atoms with E-state index in [9.17, 15) is 14.4 Å². The summed E-state index contributed by atoms with van der Waals surface area (Å²) in [5, 5.41) is 10.5. The van der Waals surface area contributed by atoms with Crippen LogP contribution in [0.15, 0.2) is 55.0 Å². The summed E-state index contributed by atoms with van der Waals surface area (Å²) in [5.74, 6) is 1.60. The minimum Gasteiger partial charge on any atom is -0.341 e. The number of hydrogen-bond donors (Lipinski definition) is 0. The van der Waals surface area contributed by atoms with Crippen molar-refractivity contribution in [3.8, 4) is 28.5 Å². The van der Waals surface area contributed by atoms with Gasteiger partial charge in [0.1, 0.15) is 33.9 Å². The van der Waals surface area contributed by atoms with Crippen molar-refractivity contribution >= 4 is 39.7 Å². The highest BCUT2D eigenvalue weighted by atomic mass is 32.1. The van der Waals surface area contributed by atoms with Crippen LogP contribution in [0.1, 0.15) is 49.6 Å². The van der Waals surface area contributed by atoms with E-state index in [-0.39, 0.29) is 11.6 Å². The van der Waals surface area contributed by atoms with Gasteiger partial charge in [-0.25, -0.2) is 30.9 Å². The minimum atomic E-state index is -0.708. The van der Waals surface area contributed by atoms with Crippen LogP contribution in [0.25, 0.3) is 32.9 Å². The number of nitriles is 1. The van der Waals surface area contributed by atoms with Gasteiger partial charge in [-0.05, 0) is 61.6 Å². The maximum atomic E-state index is 13.6. The summed E-state index contributed by atoms with van der Waals surface area (Å²) in [5.41, 5.74) is 3.96. The third-order valence-electron chi connectivity index (χ3n) is 9.24. The Morgan fingerprint density at radius 1 is 1.11 bits per heavy atom. The molecular formula is C35H32FN9OS. The maximum absolute atomic E-state index is 13.6. The zero-order valence-electron chi connectivity index (χ0n) is 26.1. The lowest BCUT2D eigenvalue weighted by molar-refractivity contribution is -0.121. The first kappa shape index (κ1) is 30.5. The zero-order chi connectivity index (χ0) is 32.7. The van der Waals surface area contributed by atoms with Gasteiger partial charge in [0.25, 0.3) is 5.54 Å². The molecule has 0 bridgehead atoms. The molecule has 10 nitrogen and oxygen atoms in total. The Kier molecular flexibility index (Phi) is 7.90. The van der Waals surface area contributed by atoms with Crippen molar-refractivity contribution in [2.75, 3.05) is 29.9 Å². The number of halogens is 1. The molecule has 5 heterocycles. The highest BCUT2D eigenvalue weighted by Crippen LogP contribution is 2.43. The van der Waals surface area contributed by atoms with E-state index in [0.29, 0.717) is 58.8 Å². The van der Waals surface area contributed by atoms with Gasteiger partial charge in [0.05, 0.1) is 5.69 Å². The Labute approximate surface area is 276 Å². The van der Waals surface area contributed by atoms with E-state index in [2.05, 4.69) is 22.7 Å². The lowest BCUT2D eigenvalue weighted by atomic mass is 9.89. The molecule has 1 aliphatic carbocycles. The molecule has 236 valence electrons. The number of benzene rings is 1. The van der Waals surface area contributed by atoms with E-state index in [1.54, 1.807) is 12.1 Å². The number of carbonyl (C=O) groups excluding carboxylic acids is 1. The Morgan fingerprint density at radius 3 is 2.45 bits per heavy atom. The molecule has 0 amide bonds. The van der Waals surface area contributed by atoms with Gasteiger partial charge in [-0.3, -0.25) is 9.20 Å². The minimum absolute atomic E-state index is 0.121. The van der Waals surface area contributed by atoms with Gasteiger partial charge in [0.2, 0.25) is 11.7 Å². The van der Waals surface area contributed by atoms with Crippen LogP contribution < -0.4 is 9.80 Å². The molecule has 2 fully saturated rings. The van der Waals surface area contributed by atoms with Crippen molar-refractivity contribution in [3.05, 3.63) is 82.8 Å². The van der Waals surface area contributed by atoms with Crippen LogP contribution in [-0.2, 0) is 11.2 Å². The van der Waals surface area contributed by atoms with Crippen molar-refractivity contribution in [2.45, 2.75) is 51.0 Å². The van der Waals surface area contributed by atoms with Gasteiger partial charge in [-0.15, -0.1) is 0 Å². The molecule has 1 saturated heterocycles. The smallest absolute Gasteiger partial charge is 0.290 e. The predicted octanol–water partition coefficient (Wildman–Crippen LogP) is 6.88. The number of carbonyl (C=O) groups is 1. The van der Waals surface area contributed by atoms with E-state index in [1.807, 2.05) is 47.1 Å². The average molecular weight is 646 g/mol. The number of nitrogens with zero attached hydrogens (tertiary/aromatic N) is 9. The summed E-state index contributed by atoms with van der Waals surface area (Å²) in [6.07, 6.45) is 10.1. The molecule has 2 aliphatic rings. The quantitative estimate of drug-likeness (QED) is 0.160. The molecule has 47 heavy (non-hydrogen) atoms. The molecule has 4 aromatic heterocycles. The van der Waals surface area contributed by atoms with Crippen LogP contribution in [0.2, 0.25) is 0 Å². The van der Waals surface area contributed by atoms with Crippen LogP contribution in [0.5, 0.6) is 0 Å². The van der Waals surface area contributed by atoms with Crippen molar-refractivity contribution in [3.63, 3.8) is 0 Å². The van der Waals surface area contributed by atoms with E-state index in [0.717, 1.165) is 54.2 Å². The first-order valence-electron chi connectivity index (χ1n) is 15.7. The number of thiazole rings is 1. The normalized spacial score (nSPS) is 15.7. The molecule has 1 aromatic carbocycles. The summed E-state index contributed by atoms with van der Waals surface area (Å²) < 4.78 is 15.6. The molecule has 12 heteroatoms. The largest absolute Gasteiger partial charge is 0.341 e. The third kappa shape index (κ3) is 5.70. The summed E-state index contributed by atoms with van der Waals surface area (Å²) in [4.78, 5) is 39.8. The summed E-state index contributed by atoms with van der Waals surface area (Å²) in [6, 6.07) is 12.2. The van der Waals surface area contributed by atoms with Gasteiger partial charge in [-0.2, -0.15) is 5.26 Å². The standard InChI is InChI=1S/C35H32FN9OS/c1-4-27-32(43(3)34-42-31(28(18-37)47-34)23-5-8-26(36)9-6-23)45-21-24(7-10-30(45)41-27)25-19-39-33(40-20-25)44-15-11-22(12-16-44)17-29(46)35(38-2)13-14-35/h5-10,19-22H,4,11-17H2,1,3H3. The lowest BCUT2D eigenvalue weighted by Crippen LogP contribution is -2.36. The Balaban J connectivity index is 1.10. The summed E-state index contributed by atoms with van der Waals surface area (Å²) in [7, 11) is 1.91. The maximum Gasteiger partial charge on any atom is 0.290 e. The van der Waals surface area contributed by atoms with Gasteiger partial charge < -0.3 is 14.6 Å². The number of pyridine rings is 1. The fourth-order valence-corrected chi connectivity index (χ4v) is 7.11. The molecule has 0 N–H and O–H groups in total. The molecule has 1 saturated carbocycles. The van der Waals surface area contributed by atoms with E-state index in [4.69, 9.17) is 26.5 Å². The van der Waals surface area contributed by atoms with Crippen LogP contribution in [0.3, 0.4) is 0 Å². The van der Waals surface area contributed by atoms with Crippen LogP contribution in [0.4, 0.5) is 21.3 Å². The molecule has 0 spiro atoms.